The van der Waals surface area contributed by atoms with E-state index in [2.05, 4.69) is 10.1 Å². The summed E-state index contributed by atoms with van der Waals surface area (Å²) in [6, 6.07) is 8.22. The van der Waals surface area contributed by atoms with Crippen LogP contribution in [0.1, 0.15) is 17.0 Å². The van der Waals surface area contributed by atoms with Crippen LogP contribution in [0.25, 0.3) is 11.4 Å². The van der Waals surface area contributed by atoms with Gasteiger partial charge in [0.15, 0.2) is 0 Å². The first kappa shape index (κ1) is 15.0. The van der Waals surface area contributed by atoms with Crippen molar-refractivity contribution in [1.82, 2.24) is 10.1 Å². The van der Waals surface area contributed by atoms with Crippen molar-refractivity contribution in [3.63, 3.8) is 0 Å². The second-order valence-electron chi connectivity index (χ2n) is 4.86. The van der Waals surface area contributed by atoms with E-state index in [1.165, 1.54) is 18.5 Å². The van der Waals surface area contributed by atoms with Gasteiger partial charge in [-0.1, -0.05) is 23.4 Å². The van der Waals surface area contributed by atoms with E-state index in [0.29, 0.717) is 11.1 Å². The highest BCUT2D eigenvalue weighted by atomic mass is 19.4. The first-order chi connectivity index (χ1) is 10.9. The maximum atomic E-state index is 12.7. The minimum Gasteiger partial charge on any atom is -0.339 e. The molecule has 5 nitrogen and oxygen atoms in total. The Morgan fingerprint density at radius 2 is 2.00 bits per heavy atom. The molecule has 0 bridgehead atoms. The highest BCUT2D eigenvalue weighted by molar-refractivity contribution is 5.51. The van der Waals surface area contributed by atoms with Gasteiger partial charge in [0.25, 0.3) is 0 Å². The molecule has 23 heavy (non-hydrogen) atoms. The fourth-order valence-corrected chi connectivity index (χ4v) is 2.07. The molecule has 1 N–H and O–H groups in total. The Hall–Kier alpha value is -2.90. The van der Waals surface area contributed by atoms with Crippen molar-refractivity contribution in [2.45, 2.75) is 12.6 Å². The van der Waals surface area contributed by atoms with Crippen LogP contribution in [-0.2, 0) is 12.6 Å². The molecule has 0 aliphatic carbocycles. The zero-order chi connectivity index (χ0) is 16.4. The highest BCUT2D eigenvalue weighted by Gasteiger charge is 2.30. The predicted octanol–water partition coefficient (Wildman–Crippen LogP) is 2.87. The second kappa shape index (κ2) is 5.71. The molecular weight excluding hydrogens is 311 g/mol. The smallest absolute Gasteiger partial charge is 0.339 e. The van der Waals surface area contributed by atoms with Gasteiger partial charge < -0.3 is 4.52 Å². The third-order valence-electron chi connectivity index (χ3n) is 3.12. The van der Waals surface area contributed by atoms with Crippen LogP contribution in [0, 0.1) is 0 Å². The number of aromatic nitrogens is 3. The van der Waals surface area contributed by atoms with Gasteiger partial charge >= 0.3 is 6.18 Å². The Balaban J connectivity index is 1.82. The zero-order valence-electron chi connectivity index (χ0n) is 11.7. The summed E-state index contributed by atoms with van der Waals surface area (Å²) < 4.78 is 44.0. The van der Waals surface area contributed by atoms with Crippen molar-refractivity contribution in [1.29, 1.82) is 0 Å². The summed E-state index contributed by atoms with van der Waals surface area (Å²) in [4.78, 5) is 4.13. The Bertz CT molecular complexity index is 831. The van der Waals surface area contributed by atoms with Crippen LogP contribution in [-0.4, -0.2) is 15.3 Å². The van der Waals surface area contributed by atoms with Gasteiger partial charge in [-0.3, -0.25) is 5.21 Å². The average molecular weight is 322 g/mol. The number of rotatable bonds is 3. The molecule has 0 saturated carbocycles. The summed E-state index contributed by atoms with van der Waals surface area (Å²) in [7, 11) is 0. The molecule has 118 valence electrons. The Kier molecular flexibility index (Phi) is 3.73. The first-order valence-electron chi connectivity index (χ1n) is 6.61. The van der Waals surface area contributed by atoms with E-state index in [1.54, 1.807) is 18.2 Å². The molecule has 3 aromatic rings. The van der Waals surface area contributed by atoms with E-state index >= 15 is 0 Å². The van der Waals surface area contributed by atoms with Crippen LogP contribution >= 0.6 is 0 Å². The van der Waals surface area contributed by atoms with Crippen LogP contribution in [0.4, 0.5) is 13.2 Å². The predicted molar refractivity (Wildman–Crippen MR) is 71.4 cm³/mol. The minimum atomic E-state index is -4.39. The number of hydrogen-bond donors (Lipinski definition) is 1. The maximum Gasteiger partial charge on any atom is 0.416 e. The Morgan fingerprint density at radius 3 is 2.74 bits per heavy atom. The van der Waals surface area contributed by atoms with Crippen molar-refractivity contribution in [2.24, 2.45) is 0 Å². The van der Waals surface area contributed by atoms with Gasteiger partial charge in [-0.15, -0.1) is 0 Å². The fourth-order valence-electron chi connectivity index (χ4n) is 2.07. The zero-order valence-corrected chi connectivity index (χ0v) is 11.7. The summed E-state index contributed by atoms with van der Waals surface area (Å²) >= 11 is 0. The molecule has 0 radical (unpaired) electrons. The number of benzene rings is 1. The maximum absolute atomic E-state index is 12.7. The van der Waals surface area contributed by atoms with Gasteiger partial charge in [0.05, 0.1) is 17.5 Å². The fraction of sp³-hybridized carbons (Fsp3) is 0.133. The Labute approximate surface area is 128 Å². The molecule has 8 heteroatoms. The molecule has 3 rings (SSSR count). The van der Waals surface area contributed by atoms with Crippen LogP contribution in [0.2, 0.25) is 0 Å². The van der Waals surface area contributed by atoms with Gasteiger partial charge in [-0.05, 0) is 17.7 Å². The van der Waals surface area contributed by atoms with Gasteiger partial charge in [-0.2, -0.15) is 18.2 Å². The lowest BCUT2D eigenvalue weighted by molar-refractivity contribution is -0.904. The van der Waals surface area contributed by atoms with Gasteiger partial charge in [0, 0.05) is 10.8 Å². The molecule has 0 saturated heterocycles. The van der Waals surface area contributed by atoms with Crippen molar-refractivity contribution >= 4 is 0 Å². The van der Waals surface area contributed by atoms with E-state index < -0.39 is 11.7 Å². The number of nitrogens with zero attached hydrogens (tertiary/aromatic N) is 3. The van der Waals surface area contributed by atoms with E-state index in [9.17, 15) is 18.4 Å². The standard InChI is InChI=1S/C15H11F3N3O2/c16-15(17,18)12-5-1-3-10(7-12)8-13-19-14(20-23-13)11-4-2-6-21(22)9-11/h1-7,9,22H,8H2/q+1. The monoisotopic (exact) mass is 322 g/mol. The number of hydrogen-bond acceptors (Lipinski definition) is 4. The molecular formula is C15H11F3N3O2+. The minimum absolute atomic E-state index is 0.0862. The van der Waals surface area contributed by atoms with E-state index in [0.717, 1.165) is 16.9 Å². The van der Waals surface area contributed by atoms with Crippen molar-refractivity contribution in [3.05, 3.63) is 65.8 Å². The molecule has 2 aromatic heterocycles. The van der Waals surface area contributed by atoms with Gasteiger partial charge in [-0.25, -0.2) is 0 Å². The summed E-state index contributed by atoms with van der Waals surface area (Å²) in [5.41, 5.74) is 0.216. The SMILES string of the molecule is O[n+]1cccc(-c2noc(Cc3cccc(C(F)(F)F)c3)n2)c1. The summed E-state index contributed by atoms with van der Waals surface area (Å²) in [6.07, 6.45) is -1.50. The molecule has 0 unspecified atom stereocenters. The van der Waals surface area contributed by atoms with Crippen LogP contribution in [0.3, 0.4) is 0 Å². The number of alkyl halides is 3. The third-order valence-corrected chi connectivity index (χ3v) is 3.12. The largest absolute Gasteiger partial charge is 0.416 e. The lowest BCUT2D eigenvalue weighted by atomic mass is 10.1. The van der Waals surface area contributed by atoms with Gasteiger partial charge in [0.1, 0.15) is 0 Å². The number of pyridine rings is 1. The van der Waals surface area contributed by atoms with E-state index in [4.69, 9.17) is 4.52 Å². The summed E-state index contributed by atoms with van der Waals surface area (Å²) in [6.45, 7) is 0. The van der Waals surface area contributed by atoms with Crippen molar-refractivity contribution < 1.29 is 27.6 Å². The first-order valence-corrected chi connectivity index (χ1v) is 6.61. The van der Waals surface area contributed by atoms with Crippen molar-refractivity contribution in [3.8, 4) is 11.4 Å². The summed E-state index contributed by atoms with van der Waals surface area (Å²) in [5.74, 6) is 0.433. The third kappa shape index (κ3) is 3.47. The molecule has 0 aliphatic rings. The molecule has 0 atom stereocenters. The van der Waals surface area contributed by atoms with Crippen LogP contribution < -0.4 is 4.73 Å². The quantitative estimate of drug-likeness (QED) is 0.595. The van der Waals surface area contributed by atoms with Gasteiger partial charge in [0.2, 0.25) is 24.1 Å². The van der Waals surface area contributed by atoms with Crippen molar-refractivity contribution in [2.75, 3.05) is 0 Å². The molecule has 0 amide bonds. The molecule has 0 spiro atoms. The molecule has 1 aromatic carbocycles. The Morgan fingerprint density at radius 1 is 1.17 bits per heavy atom. The van der Waals surface area contributed by atoms with Crippen LogP contribution in [0.15, 0.2) is 53.3 Å². The molecule has 0 aliphatic heterocycles. The molecule has 2 heterocycles. The van der Waals surface area contributed by atoms with E-state index in [1.807, 2.05) is 0 Å². The van der Waals surface area contributed by atoms with E-state index in [-0.39, 0.29) is 18.1 Å². The lowest BCUT2D eigenvalue weighted by Gasteiger charge is -2.07. The lowest BCUT2D eigenvalue weighted by Crippen LogP contribution is -2.28. The number of halogens is 3. The highest BCUT2D eigenvalue weighted by Crippen LogP contribution is 2.30. The van der Waals surface area contributed by atoms with Crippen LogP contribution in [0.5, 0.6) is 0 Å². The normalized spacial score (nSPS) is 11.6. The topological polar surface area (TPSA) is 63.0 Å². The molecule has 0 fully saturated rings. The second-order valence-corrected chi connectivity index (χ2v) is 4.86. The summed E-state index contributed by atoms with van der Waals surface area (Å²) in [5, 5.41) is 13.1. The average Bonchev–Trinajstić information content (AvgIpc) is 2.95.